The van der Waals surface area contributed by atoms with Crippen molar-refractivity contribution in [3.8, 4) is 0 Å². The zero-order valence-corrected chi connectivity index (χ0v) is 43.1. The summed E-state index contributed by atoms with van der Waals surface area (Å²) in [5, 5.41) is 51.7. The normalized spacial score (nSPS) is 22.3. The van der Waals surface area contributed by atoms with Crippen LogP contribution in [0.4, 0.5) is 0 Å². The lowest BCUT2D eigenvalue weighted by atomic mass is 9.85. The highest BCUT2D eigenvalue weighted by Gasteiger charge is 2.54. The Kier molecular flexibility index (Phi) is 37.4. The number of hydrogen-bond acceptors (Lipinski definition) is 14. The number of phosphoric acid groups is 2. The molecule has 0 aromatic rings. The highest BCUT2D eigenvalue weighted by molar-refractivity contribution is 7.47. The summed E-state index contributed by atoms with van der Waals surface area (Å²) in [6.45, 7) is 2.86. The van der Waals surface area contributed by atoms with Gasteiger partial charge in [-0.2, -0.15) is 0 Å². The first-order chi connectivity index (χ1) is 33.5. The third-order valence-electron chi connectivity index (χ3n) is 10.7. The Hall–Kier alpha value is -3.12. The van der Waals surface area contributed by atoms with E-state index in [1.165, 1.54) is 38.5 Å². The van der Waals surface area contributed by atoms with Crippen molar-refractivity contribution in [1.29, 1.82) is 0 Å². The van der Waals surface area contributed by atoms with Gasteiger partial charge in [0, 0.05) is 12.8 Å². The lowest BCUT2D eigenvalue weighted by Gasteiger charge is -2.43. The number of carbonyl (C=O) groups excluding carboxylic acids is 2. The van der Waals surface area contributed by atoms with Crippen LogP contribution in [0.5, 0.6) is 0 Å². The molecule has 0 aliphatic heterocycles. The van der Waals surface area contributed by atoms with Gasteiger partial charge in [0.05, 0.1) is 12.7 Å². The fourth-order valence-corrected chi connectivity index (χ4v) is 8.36. The van der Waals surface area contributed by atoms with Crippen molar-refractivity contribution in [3.05, 3.63) is 97.2 Å². The van der Waals surface area contributed by atoms with Crippen molar-refractivity contribution in [3.63, 3.8) is 0 Å². The van der Waals surface area contributed by atoms with E-state index in [1.54, 1.807) is 12.2 Å². The first-order valence-electron chi connectivity index (χ1n) is 24.9. The van der Waals surface area contributed by atoms with Gasteiger partial charge < -0.3 is 49.7 Å². The molecule has 0 spiro atoms. The van der Waals surface area contributed by atoms with E-state index in [0.717, 1.165) is 64.2 Å². The molecule has 1 aliphatic rings. The van der Waals surface area contributed by atoms with E-state index in [-0.39, 0.29) is 25.7 Å². The molecule has 0 amide bonds. The number of aliphatic hydroxyl groups excluding tert-OH is 5. The van der Waals surface area contributed by atoms with Gasteiger partial charge >= 0.3 is 27.6 Å². The van der Waals surface area contributed by atoms with Crippen molar-refractivity contribution >= 4 is 27.6 Å². The van der Waals surface area contributed by atoms with Gasteiger partial charge in [0.15, 0.2) is 6.10 Å². The average Bonchev–Trinajstić information content (AvgIpc) is 3.31. The molecule has 1 aliphatic carbocycles. The number of carbonyl (C=O) groups is 2. The van der Waals surface area contributed by atoms with Crippen molar-refractivity contribution in [2.75, 3.05) is 13.2 Å². The highest BCUT2D eigenvalue weighted by Crippen LogP contribution is 2.49. The molecular formula is C51H84O17P2. The van der Waals surface area contributed by atoms with Crippen molar-refractivity contribution in [2.24, 2.45) is 0 Å². The molecule has 1 rings (SSSR count). The molecule has 400 valence electrons. The minimum Gasteiger partial charge on any atom is -0.462 e. The van der Waals surface area contributed by atoms with Crippen LogP contribution < -0.4 is 0 Å². The monoisotopic (exact) mass is 1030 g/mol. The minimum absolute atomic E-state index is 0.0371. The number of phosphoric ester groups is 2. The van der Waals surface area contributed by atoms with Crippen LogP contribution in [0.3, 0.4) is 0 Å². The summed E-state index contributed by atoms with van der Waals surface area (Å²) in [7, 11) is -10.8. The number of hydrogen-bond donors (Lipinski definition) is 8. The fourth-order valence-electron chi connectivity index (χ4n) is 6.82. The Labute approximate surface area is 416 Å². The molecule has 9 atom stereocenters. The maximum atomic E-state index is 13.0. The van der Waals surface area contributed by atoms with Crippen LogP contribution in [-0.2, 0) is 41.8 Å². The van der Waals surface area contributed by atoms with Crippen LogP contribution in [0, 0.1) is 0 Å². The molecular weight excluding hydrogens is 946 g/mol. The second-order valence-electron chi connectivity index (χ2n) is 17.0. The molecule has 0 saturated heterocycles. The Morgan fingerprint density at radius 1 is 0.529 bits per heavy atom. The number of ether oxygens (including phenoxy) is 2. The van der Waals surface area contributed by atoms with Gasteiger partial charge in [0.25, 0.3) is 0 Å². The molecule has 0 bridgehead atoms. The molecule has 0 aromatic heterocycles. The average molecular weight is 1030 g/mol. The molecule has 1 saturated carbocycles. The number of aliphatic hydroxyl groups is 5. The molecule has 0 heterocycles. The minimum atomic E-state index is -5.40. The smallest absolute Gasteiger partial charge is 0.462 e. The van der Waals surface area contributed by atoms with Gasteiger partial charge in [-0.1, -0.05) is 143 Å². The molecule has 17 nitrogen and oxygen atoms in total. The Balaban J connectivity index is 2.69. The SMILES string of the molecule is CCCCC/C=C\C/C=C\C/C=C\C=C\[C@H](O)CCCC(=O)O[C@H](COC(=O)CCCCC/C=C\C/C=C\C/C=C\C/C=C\CCCCC)COP(=O)(O)O[C@H]1C(O)C(O)C(O)[C@@H](OP(=O)(O)O)C1O. The lowest BCUT2D eigenvalue weighted by molar-refractivity contribution is -0.216. The molecule has 5 unspecified atom stereocenters. The first-order valence-corrected chi connectivity index (χ1v) is 27.9. The summed E-state index contributed by atoms with van der Waals surface area (Å²) in [4.78, 5) is 54.4. The molecule has 70 heavy (non-hydrogen) atoms. The van der Waals surface area contributed by atoms with E-state index in [0.29, 0.717) is 6.42 Å². The maximum absolute atomic E-state index is 13.0. The fraction of sp³-hybridized carbons (Fsp3) is 0.647. The van der Waals surface area contributed by atoms with Gasteiger partial charge in [-0.05, 0) is 89.9 Å². The molecule has 19 heteroatoms. The summed E-state index contributed by atoms with van der Waals surface area (Å²) < 4.78 is 49.2. The predicted molar refractivity (Wildman–Crippen MR) is 270 cm³/mol. The van der Waals surface area contributed by atoms with Crippen molar-refractivity contribution < 1.29 is 82.0 Å². The summed E-state index contributed by atoms with van der Waals surface area (Å²) in [6, 6.07) is 0. The number of allylic oxidation sites excluding steroid dienone is 15. The van der Waals surface area contributed by atoms with Gasteiger partial charge in [0.2, 0.25) is 0 Å². The Bertz CT molecular complexity index is 1730. The van der Waals surface area contributed by atoms with Crippen molar-refractivity contribution in [2.45, 2.75) is 198 Å². The summed E-state index contributed by atoms with van der Waals surface area (Å²) in [5.74, 6) is -1.45. The standard InChI is InChI=1S/C51H84O17P2/c1-3-5-7-9-11-13-15-17-18-19-20-21-22-24-26-28-30-32-34-38-44(53)64-40-43(41-65-70(62,63)68-51-48(57)46(55)47(56)50(49(51)58)67-69(59,60)61)66-45(54)39-35-37-42(52)36-33-31-29-27-25-23-16-14-12-10-8-6-4-2/h11-14,17-18,20-21,23-26,29,31,33,36,42-43,46-52,55-58H,3-10,15-16,19,22,27-28,30,32,34-35,37-41H2,1-2H3,(H,62,63)(H2,59,60,61)/b13-11-,14-12-,18-17-,21-20-,25-23-,26-24-,31-29-,36-33+/t42-,43+,46?,47?,48?,49?,50+,51-/m0/s1. The first kappa shape index (κ1) is 64.9. The van der Waals surface area contributed by atoms with Gasteiger partial charge in [-0.3, -0.25) is 23.2 Å². The van der Waals surface area contributed by atoms with Crippen LogP contribution in [0.25, 0.3) is 0 Å². The number of unbranched alkanes of at least 4 members (excludes halogenated alkanes) is 9. The zero-order valence-electron chi connectivity index (χ0n) is 41.3. The zero-order chi connectivity index (χ0) is 51.9. The topological polar surface area (TPSA) is 276 Å². The third kappa shape index (κ3) is 34.3. The Morgan fingerprint density at radius 3 is 1.51 bits per heavy atom. The van der Waals surface area contributed by atoms with Crippen LogP contribution >= 0.6 is 15.6 Å². The second-order valence-corrected chi connectivity index (χ2v) is 19.6. The van der Waals surface area contributed by atoms with Gasteiger partial charge in [0.1, 0.15) is 43.2 Å². The quantitative estimate of drug-likeness (QED) is 0.00935. The van der Waals surface area contributed by atoms with Crippen LogP contribution in [0.15, 0.2) is 97.2 Å². The highest BCUT2D eigenvalue weighted by atomic mass is 31.2. The van der Waals surface area contributed by atoms with Crippen LogP contribution in [0.2, 0.25) is 0 Å². The molecule has 1 fully saturated rings. The van der Waals surface area contributed by atoms with E-state index in [2.05, 4.69) is 91.3 Å². The second kappa shape index (κ2) is 40.4. The largest absolute Gasteiger partial charge is 0.472 e. The van der Waals surface area contributed by atoms with E-state index in [1.807, 2.05) is 12.2 Å². The van der Waals surface area contributed by atoms with E-state index in [9.17, 15) is 58.9 Å². The van der Waals surface area contributed by atoms with E-state index >= 15 is 0 Å². The number of rotatable bonds is 40. The van der Waals surface area contributed by atoms with E-state index < -0.39 is 89.6 Å². The van der Waals surface area contributed by atoms with Crippen LogP contribution in [-0.4, -0.2) is 114 Å². The van der Waals surface area contributed by atoms with Crippen molar-refractivity contribution in [1.82, 2.24) is 0 Å². The lowest BCUT2D eigenvalue weighted by Crippen LogP contribution is -2.64. The number of esters is 2. The third-order valence-corrected chi connectivity index (χ3v) is 12.2. The van der Waals surface area contributed by atoms with Gasteiger partial charge in [-0.25, -0.2) is 9.13 Å². The summed E-state index contributed by atoms with van der Waals surface area (Å²) >= 11 is 0. The predicted octanol–water partition coefficient (Wildman–Crippen LogP) is 8.92. The Morgan fingerprint density at radius 2 is 1.00 bits per heavy atom. The van der Waals surface area contributed by atoms with E-state index in [4.69, 9.17) is 18.5 Å². The molecule has 0 aromatic carbocycles. The van der Waals surface area contributed by atoms with Gasteiger partial charge in [-0.15, -0.1) is 0 Å². The maximum Gasteiger partial charge on any atom is 0.472 e. The van der Waals surface area contributed by atoms with Crippen LogP contribution in [0.1, 0.15) is 149 Å². The molecule has 8 N–H and O–H groups in total. The summed E-state index contributed by atoms with van der Waals surface area (Å²) in [5.41, 5.74) is 0. The molecule has 0 radical (unpaired) electrons. The summed E-state index contributed by atoms with van der Waals surface area (Å²) in [6.07, 6.45) is 33.7.